The Labute approximate surface area is 140 Å². The van der Waals surface area contributed by atoms with E-state index in [4.69, 9.17) is 10.8 Å². The number of carboxylic acids is 1. The first-order valence-corrected chi connectivity index (χ1v) is 5.89. The van der Waals surface area contributed by atoms with Crippen LogP contribution in [0.5, 0.6) is 0 Å². The molecule has 23 heavy (non-hydrogen) atoms. The summed E-state index contributed by atoms with van der Waals surface area (Å²) >= 11 is 0. The van der Waals surface area contributed by atoms with Gasteiger partial charge in [-0.25, -0.2) is 0 Å². The number of hydrogen-bond acceptors (Lipinski definition) is 4. The van der Waals surface area contributed by atoms with E-state index in [1.807, 2.05) is 24.3 Å². The van der Waals surface area contributed by atoms with Crippen LogP contribution in [0.2, 0.25) is 0 Å². The number of aliphatic carboxylic acids is 1. The van der Waals surface area contributed by atoms with Crippen LogP contribution in [-0.4, -0.2) is 57.4 Å². The zero-order chi connectivity index (χ0) is 13.2. The first-order valence-electron chi connectivity index (χ1n) is 5.89. The molecule has 0 radical (unpaired) electrons. The summed E-state index contributed by atoms with van der Waals surface area (Å²) in [5, 5.41) is 12.2. The molecule has 0 fully saturated rings. The molecule has 0 aromatic heterocycles. The first kappa shape index (κ1) is 29.3. The van der Waals surface area contributed by atoms with E-state index in [2.05, 4.69) is 10.3 Å². The van der Waals surface area contributed by atoms with Gasteiger partial charge in [0, 0.05) is 18.5 Å². The van der Waals surface area contributed by atoms with E-state index in [0.717, 1.165) is 30.1 Å². The highest BCUT2D eigenvalue weighted by atomic mass is 35.5. The van der Waals surface area contributed by atoms with E-state index in [-0.39, 0.29) is 34.3 Å². The zero-order valence-corrected chi connectivity index (χ0v) is 13.5. The Morgan fingerprint density at radius 3 is 2.17 bits per heavy atom. The van der Waals surface area contributed by atoms with E-state index in [9.17, 15) is 4.79 Å². The normalized spacial score (nSPS) is 13.9. The molecule has 1 aliphatic rings. The standard InChI is InChI=1S/C13H17N3O2.ClH.4H2O/c1-13(14,12(17)18)8-9-2-4-10(5-3-9)11-15-6-7-16-11;;;;;/h2-5H,6-8,14H2,1H3,(H,15,16)(H,17,18);1H;4*1H2/t13-;;;;;/m0...../s1. The number of nitrogens with two attached hydrogens (primary N) is 1. The molecule has 0 spiro atoms. The Morgan fingerprint density at radius 1 is 1.26 bits per heavy atom. The molecule has 0 unspecified atom stereocenters. The monoisotopic (exact) mass is 355 g/mol. The van der Waals surface area contributed by atoms with Crippen LogP contribution in [0.25, 0.3) is 0 Å². The van der Waals surface area contributed by atoms with Crippen molar-refractivity contribution in [1.82, 2.24) is 5.32 Å². The van der Waals surface area contributed by atoms with Crippen LogP contribution in [-0.2, 0) is 11.2 Å². The molecule has 12 N–H and O–H groups in total. The minimum Gasteiger partial charge on any atom is -0.480 e. The van der Waals surface area contributed by atoms with E-state index in [1.54, 1.807) is 0 Å². The van der Waals surface area contributed by atoms with Crippen molar-refractivity contribution >= 4 is 24.2 Å². The predicted octanol–water partition coefficient (Wildman–Crippen LogP) is -2.50. The second-order valence-electron chi connectivity index (χ2n) is 4.75. The third-order valence-electron chi connectivity index (χ3n) is 2.96. The largest absolute Gasteiger partial charge is 0.480 e. The summed E-state index contributed by atoms with van der Waals surface area (Å²) < 4.78 is 0. The lowest BCUT2D eigenvalue weighted by atomic mass is 9.93. The van der Waals surface area contributed by atoms with Crippen molar-refractivity contribution in [1.29, 1.82) is 0 Å². The maximum atomic E-state index is 10.9. The summed E-state index contributed by atoms with van der Waals surface area (Å²) in [5.41, 5.74) is 6.41. The van der Waals surface area contributed by atoms with Gasteiger partial charge in [0.2, 0.25) is 0 Å². The highest BCUT2D eigenvalue weighted by molar-refractivity contribution is 5.99. The van der Waals surface area contributed by atoms with Gasteiger partial charge < -0.3 is 38.1 Å². The second kappa shape index (κ2) is 11.8. The summed E-state index contributed by atoms with van der Waals surface area (Å²) in [7, 11) is 0. The number of carbonyl (C=O) groups is 1. The van der Waals surface area contributed by atoms with Crippen LogP contribution < -0.4 is 11.1 Å². The summed E-state index contributed by atoms with van der Waals surface area (Å²) in [6.07, 6.45) is 0.308. The lowest BCUT2D eigenvalue weighted by molar-refractivity contribution is -0.142. The fourth-order valence-corrected chi connectivity index (χ4v) is 1.87. The van der Waals surface area contributed by atoms with Gasteiger partial charge in [0.05, 0.1) is 6.54 Å². The van der Waals surface area contributed by atoms with Gasteiger partial charge in [-0.15, -0.1) is 12.4 Å². The smallest absolute Gasteiger partial charge is 0.323 e. The van der Waals surface area contributed by atoms with Crippen LogP contribution in [0.3, 0.4) is 0 Å². The molecule has 0 saturated carbocycles. The van der Waals surface area contributed by atoms with Crippen LogP contribution in [0, 0.1) is 0 Å². The number of amidine groups is 1. The minimum absolute atomic E-state index is 0. The Hall–Kier alpha value is -1.75. The summed E-state index contributed by atoms with van der Waals surface area (Å²) in [4.78, 5) is 15.3. The summed E-state index contributed by atoms with van der Waals surface area (Å²) in [6.45, 7) is 3.19. The van der Waals surface area contributed by atoms with Gasteiger partial charge in [-0.1, -0.05) is 24.3 Å². The molecule has 0 saturated heterocycles. The average Bonchev–Trinajstić information content (AvgIpc) is 2.83. The maximum Gasteiger partial charge on any atom is 0.323 e. The molecule has 1 aromatic carbocycles. The molecule has 1 atom stereocenters. The maximum absolute atomic E-state index is 10.9. The van der Waals surface area contributed by atoms with E-state index < -0.39 is 11.5 Å². The zero-order valence-electron chi connectivity index (χ0n) is 12.7. The predicted molar refractivity (Wildman–Crippen MR) is 91.5 cm³/mol. The minimum atomic E-state index is -1.23. The number of aliphatic imine (C=N–C) groups is 1. The first-order chi connectivity index (χ1) is 8.49. The molecular weight excluding hydrogens is 330 g/mol. The number of benzene rings is 1. The third-order valence-corrected chi connectivity index (χ3v) is 2.96. The Morgan fingerprint density at radius 2 is 1.78 bits per heavy atom. The molecule has 136 valence electrons. The number of nitrogens with zero attached hydrogens (tertiary/aromatic N) is 1. The van der Waals surface area contributed by atoms with E-state index >= 15 is 0 Å². The molecular formula is C13H26ClN3O6. The Kier molecular flexibility index (Phi) is 15.0. The van der Waals surface area contributed by atoms with Crippen molar-refractivity contribution in [2.75, 3.05) is 13.1 Å². The van der Waals surface area contributed by atoms with Gasteiger partial charge in [0.1, 0.15) is 11.4 Å². The molecule has 1 aromatic rings. The van der Waals surface area contributed by atoms with Crippen molar-refractivity contribution in [3.05, 3.63) is 35.4 Å². The van der Waals surface area contributed by atoms with E-state index in [0.29, 0.717) is 6.42 Å². The number of halogens is 1. The number of rotatable bonds is 4. The van der Waals surface area contributed by atoms with Gasteiger partial charge in [0.15, 0.2) is 0 Å². The van der Waals surface area contributed by atoms with Crippen LogP contribution in [0.4, 0.5) is 0 Å². The Balaban J connectivity index is -0.000000361. The van der Waals surface area contributed by atoms with Crippen molar-refractivity contribution in [3.63, 3.8) is 0 Å². The topological polar surface area (TPSA) is 214 Å². The lowest BCUT2D eigenvalue weighted by Crippen LogP contribution is -2.46. The van der Waals surface area contributed by atoms with Crippen molar-refractivity contribution < 1.29 is 31.8 Å². The molecule has 1 aliphatic heterocycles. The number of hydrogen-bond donors (Lipinski definition) is 3. The van der Waals surface area contributed by atoms with E-state index in [1.165, 1.54) is 6.92 Å². The van der Waals surface area contributed by atoms with Crippen LogP contribution >= 0.6 is 12.4 Å². The molecule has 0 bridgehead atoms. The molecule has 0 amide bonds. The highest BCUT2D eigenvalue weighted by Gasteiger charge is 2.27. The molecule has 10 heteroatoms. The van der Waals surface area contributed by atoms with Gasteiger partial charge in [-0.2, -0.15) is 0 Å². The number of carboxylic acid groups (broad SMARTS) is 1. The quantitative estimate of drug-likeness (QED) is 0.533. The van der Waals surface area contributed by atoms with Crippen molar-refractivity contribution in [2.24, 2.45) is 10.7 Å². The molecule has 9 nitrogen and oxygen atoms in total. The second-order valence-corrected chi connectivity index (χ2v) is 4.75. The van der Waals surface area contributed by atoms with Gasteiger partial charge >= 0.3 is 5.97 Å². The lowest BCUT2D eigenvalue weighted by Gasteiger charge is -2.19. The fraction of sp³-hybridized carbons (Fsp3) is 0.385. The molecule has 1 heterocycles. The summed E-state index contributed by atoms with van der Waals surface area (Å²) in [6, 6.07) is 7.66. The highest BCUT2D eigenvalue weighted by Crippen LogP contribution is 2.13. The van der Waals surface area contributed by atoms with Gasteiger partial charge in [-0.05, 0) is 12.5 Å². The average molecular weight is 356 g/mol. The van der Waals surface area contributed by atoms with Crippen molar-refractivity contribution in [2.45, 2.75) is 18.9 Å². The van der Waals surface area contributed by atoms with Gasteiger partial charge in [0.25, 0.3) is 0 Å². The van der Waals surface area contributed by atoms with Gasteiger partial charge in [-0.3, -0.25) is 9.79 Å². The summed E-state index contributed by atoms with van der Waals surface area (Å²) in [5.74, 6) is -0.0938. The Bertz CT molecular complexity index is 493. The molecule has 0 aliphatic carbocycles. The van der Waals surface area contributed by atoms with Crippen LogP contribution in [0.15, 0.2) is 29.3 Å². The fourth-order valence-electron chi connectivity index (χ4n) is 1.87. The SMILES string of the molecule is C[C@](N)(Cc1ccc(C2=NCCN2)cc1)C(=O)O.Cl.O.O.O.O. The number of nitrogens with one attached hydrogen (secondary N) is 1. The van der Waals surface area contributed by atoms with Crippen LogP contribution in [0.1, 0.15) is 18.1 Å². The third kappa shape index (κ3) is 7.37. The van der Waals surface area contributed by atoms with Crippen molar-refractivity contribution in [3.8, 4) is 0 Å². The molecule has 2 rings (SSSR count).